The van der Waals surface area contributed by atoms with Gasteiger partial charge in [0.2, 0.25) is 0 Å². The van der Waals surface area contributed by atoms with Crippen LogP contribution >= 0.6 is 0 Å². The second kappa shape index (κ2) is 6.93. The Kier molecular flexibility index (Phi) is 5.19. The first kappa shape index (κ1) is 16.5. The van der Waals surface area contributed by atoms with Crippen LogP contribution in [0.3, 0.4) is 0 Å². The molecular formula is C19H26N2O. The highest BCUT2D eigenvalue weighted by molar-refractivity contribution is 5.65. The van der Waals surface area contributed by atoms with Crippen LogP contribution in [-0.2, 0) is 6.54 Å². The monoisotopic (exact) mass is 298 g/mol. The van der Waals surface area contributed by atoms with E-state index in [0.717, 1.165) is 23.2 Å². The first-order valence-corrected chi connectivity index (χ1v) is 7.96. The molecule has 0 fully saturated rings. The van der Waals surface area contributed by atoms with Crippen molar-refractivity contribution in [1.82, 2.24) is 9.88 Å². The first-order chi connectivity index (χ1) is 10.5. The molecule has 118 valence electrons. The maximum Gasteiger partial charge on any atom is 0.255 e. The molecule has 0 saturated carbocycles. The van der Waals surface area contributed by atoms with E-state index in [1.54, 1.807) is 0 Å². The minimum atomic E-state index is 0.113. The van der Waals surface area contributed by atoms with E-state index in [1.807, 2.05) is 17.7 Å². The molecule has 1 aromatic heterocycles. The van der Waals surface area contributed by atoms with Crippen molar-refractivity contribution in [3.63, 3.8) is 0 Å². The molecule has 1 unspecified atom stereocenters. The van der Waals surface area contributed by atoms with Crippen molar-refractivity contribution < 1.29 is 0 Å². The van der Waals surface area contributed by atoms with Gasteiger partial charge in [0, 0.05) is 23.7 Å². The third kappa shape index (κ3) is 3.14. The third-order valence-corrected chi connectivity index (χ3v) is 4.26. The highest BCUT2D eigenvalue weighted by Crippen LogP contribution is 2.26. The summed E-state index contributed by atoms with van der Waals surface area (Å²) in [4.78, 5) is 12.9. The summed E-state index contributed by atoms with van der Waals surface area (Å²) in [6, 6.07) is 10.6. The first-order valence-electron chi connectivity index (χ1n) is 7.96. The van der Waals surface area contributed by atoms with Crippen molar-refractivity contribution >= 4 is 0 Å². The standard InChI is InChI=1S/C19H26N2O/c1-6-15(4)21-18(10-9-16(12-20-5)19(21)22)17-11-13(2)7-8-14(17)3/h7-11,15,20H,6,12H2,1-5H3. The fourth-order valence-corrected chi connectivity index (χ4v) is 2.77. The molecule has 0 aliphatic heterocycles. The molecule has 1 atom stereocenters. The second-order valence-corrected chi connectivity index (χ2v) is 6.02. The van der Waals surface area contributed by atoms with Crippen LogP contribution < -0.4 is 10.9 Å². The summed E-state index contributed by atoms with van der Waals surface area (Å²) in [6.07, 6.45) is 0.931. The number of rotatable bonds is 5. The molecule has 2 rings (SSSR count). The smallest absolute Gasteiger partial charge is 0.255 e. The SMILES string of the molecule is CCC(C)n1c(-c2cc(C)ccc2C)ccc(CNC)c1=O. The molecule has 0 radical (unpaired) electrons. The van der Waals surface area contributed by atoms with Crippen molar-refractivity contribution in [3.8, 4) is 11.3 Å². The van der Waals surface area contributed by atoms with Crippen LogP contribution in [-0.4, -0.2) is 11.6 Å². The number of aryl methyl sites for hydroxylation is 2. The van der Waals surface area contributed by atoms with Gasteiger partial charge in [0.05, 0.1) is 5.69 Å². The largest absolute Gasteiger partial charge is 0.315 e. The minimum Gasteiger partial charge on any atom is -0.315 e. The summed E-state index contributed by atoms with van der Waals surface area (Å²) in [7, 11) is 1.87. The summed E-state index contributed by atoms with van der Waals surface area (Å²) < 4.78 is 1.95. The molecule has 3 heteroatoms. The number of pyridine rings is 1. The molecule has 1 aromatic carbocycles. The summed E-state index contributed by atoms with van der Waals surface area (Å²) in [5.74, 6) is 0. The molecule has 22 heavy (non-hydrogen) atoms. The van der Waals surface area contributed by atoms with E-state index in [0.29, 0.717) is 6.54 Å². The number of hydrogen-bond donors (Lipinski definition) is 1. The van der Waals surface area contributed by atoms with E-state index >= 15 is 0 Å². The molecular weight excluding hydrogens is 272 g/mol. The molecule has 0 amide bonds. The van der Waals surface area contributed by atoms with E-state index in [1.165, 1.54) is 11.1 Å². The van der Waals surface area contributed by atoms with E-state index < -0.39 is 0 Å². The topological polar surface area (TPSA) is 34.0 Å². The lowest BCUT2D eigenvalue weighted by molar-refractivity contribution is 0.515. The minimum absolute atomic E-state index is 0.113. The Morgan fingerprint density at radius 1 is 1.18 bits per heavy atom. The Morgan fingerprint density at radius 3 is 2.55 bits per heavy atom. The summed E-state index contributed by atoms with van der Waals surface area (Å²) >= 11 is 0. The Morgan fingerprint density at radius 2 is 1.91 bits per heavy atom. The average molecular weight is 298 g/mol. The zero-order valence-electron chi connectivity index (χ0n) is 14.2. The fraction of sp³-hybridized carbons (Fsp3) is 0.421. The van der Waals surface area contributed by atoms with E-state index in [-0.39, 0.29) is 11.6 Å². The van der Waals surface area contributed by atoms with E-state index in [4.69, 9.17) is 0 Å². The molecule has 1 N–H and O–H groups in total. The molecule has 2 aromatic rings. The number of benzene rings is 1. The van der Waals surface area contributed by atoms with Gasteiger partial charge in [-0.3, -0.25) is 4.79 Å². The van der Waals surface area contributed by atoms with Gasteiger partial charge in [-0.2, -0.15) is 0 Å². The van der Waals surface area contributed by atoms with Crippen molar-refractivity contribution in [3.05, 3.63) is 57.4 Å². The summed E-state index contributed by atoms with van der Waals surface area (Å²) in [5, 5.41) is 3.08. The summed E-state index contributed by atoms with van der Waals surface area (Å²) in [5.41, 5.74) is 5.50. The quantitative estimate of drug-likeness (QED) is 0.910. The number of hydrogen-bond acceptors (Lipinski definition) is 2. The molecule has 0 saturated heterocycles. The molecule has 0 aliphatic rings. The van der Waals surface area contributed by atoms with Gasteiger partial charge in [-0.25, -0.2) is 0 Å². The second-order valence-electron chi connectivity index (χ2n) is 6.02. The van der Waals surface area contributed by atoms with Crippen LogP contribution in [0, 0.1) is 13.8 Å². The molecule has 0 aliphatic carbocycles. The molecule has 0 bridgehead atoms. The van der Waals surface area contributed by atoms with Crippen LogP contribution in [0.1, 0.15) is 43.0 Å². The van der Waals surface area contributed by atoms with Gasteiger partial charge in [-0.1, -0.05) is 30.7 Å². The van der Waals surface area contributed by atoms with Gasteiger partial charge in [-0.15, -0.1) is 0 Å². The van der Waals surface area contributed by atoms with Crippen LogP contribution in [0.5, 0.6) is 0 Å². The lowest BCUT2D eigenvalue weighted by Crippen LogP contribution is -2.29. The zero-order chi connectivity index (χ0) is 16.3. The number of nitrogens with one attached hydrogen (secondary N) is 1. The van der Waals surface area contributed by atoms with Crippen LogP contribution in [0.2, 0.25) is 0 Å². The van der Waals surface area contributed by atoms with Crippen molar-refractivity contribution in [2.75, 3.05) is 7.05 Å². The van der Waals surface area contributed by atoms with Gasteiger partial charge < -0.3 is 9.88 Å². The van der Waals surface area contributed by atoms with Gasteiger partial charge in [-0.05, 0) is 51.9 Å². The van der Waals surface area contributed by atoms with Crippen molar-refractivity contribution in [2.24, 2.45) is 0 Å². The zero-order valence-corrected chi connectivity index (χ0v) is 14.2. The Hall–Kier alpha value is -1.87. The number of aromatic nitrogens is 1. The average Bonchev–Trinajstić information content (AvgIpc) is 2.51. The predicted molar refractivity (Wildman–Crippen MR) is 93.4 cm³/mol. The lowest BCUT2D eigenvalue weighted by atomic mass is 10.0. The Labute approximate surface area is 133 Å². The highest BCUT2D eigenvalue weighted by atomic mass is 16.1. The fourth-order valence-electron chi connectivity index (χ4n) is 2.77. The van der Waals surface area contributed by atoms with Gasteiger partial charge >= 0.3 is 0 Å². The van der Waals surface area contributed by atoms with Crippen molar-refractivity contribution in [2.45, 2.75) is 46.7 Å². The van der Waals surface area contributed by atoms with Crippen LogP contribution in [0.15, 0.2) is 35.1 Å². The summed E-state index contributed by atoms with van der Waals surface area (Å²) in [6.45, 7) is 9.02. The highest BCUT2D eigenvalue weighted by Gasteiger charge is 2.15. The Balaban J connectivity index is 2.73. The van der Waals surface area contributed by atoms with E-state index in [9.17, 15) is 4.79 Å². The third-order valence-electron chi connectivity index (χ3n) is 4.26. The van der Waals surface area contributed by atoms with Crippen molar-refractivity contribution in [1.29, 1.82) is 0 Å². The van der Waals surface area contributed by atoms with Gasteiger partial charge in [0.1, 0.15) is 0 Å². The van der Waals surface area contributed by atoms with E-state index in [2.05, 4.69) is 57.3 Å². The molecule has 0 spiro atoms. The molecule has 1 heterocycles. The van der Waals surface area contributed by atoms with Gasteiger partial charge in [0.15, 0.2) is 0 Å². The number of nitrogens with zero attached hydrogens (tertiary/aromatic N) is 1. The van der Waals surface area contributed by atoms with Crippen LogP contribution in [0.25, 0.3) is 11.3 Å². The Bertz CT molecular complexity index is 716. The lowest BCUT2D eigenvalue weighted by Gasteiger charge is -2.21. The van der Waals surface area contributed by atoms with Gasteiger partial charge in [0.25, 0.3) is 5.56 Å². The predicted octanol–water partition coefficient (Wildman–Crippen LogP) is 3.82. The normalized spacial score (nSPS) is 12.4. The molecule has 3 nitrogen and oxygen atoms in total. The maximum absolute atomic E-state index is 12.9. The maximum atomic E-state index is 12.9. The van der Waals surface area contributed by atoms with Crippen LogP contribution in [0.4, 0.5) is 0 Å².